The molecule has 3 heterocycles. The van der Waals surface area contributed by atoms with Crippen LogP contribution in [0.3, 0.4) is 0 Å². The highest BCUT2D eigenvalue weighted by atomic mass is 16.2. The van der Waals surface area contributed by atoms with Crippen LogP contribution in [0.5, 0.6) is 0 Å². The van der Waals surface area contributed by atoms with Crippen LogP contribution in [-0.2, 0) is 4.79 Å². The minimum atomic E-state index is -0.195. The van der Waals surface area contributed by atoms with Crippen LogP contribution < -0.4 is 11.1 Å². The van der Waals surface area contributed by atoms with E-state index in [0.29, 0.717) is 12.5 Å². The summed E-state index contributed by atoms with van der Waals surface area (Å²) in [6.45, 7) is 4.85. The smallest absolute Gasteiger partial charge is 0.317 e. The van der Waals surface area contributed by atoms with Gasteiger partial charge in [-0.1, -0.05) is 0 Å². The maximum Gasteiger partial charge on any atom is 0.317 e. The van der Waals surface area contributed by atoms with Crippen molar-refractivity contribution in [2.24, 2.45) is 11.7 Å². The van der Waals surface area contributed by atoms with Gasteiger partial charge < -0.3 is 20.9 Å². The lowest BCUT2D eigenvalue weighted by molar-refractivity contribution is -0.123. The van der Waals surface area contributed by atoms with Crippen LogP contribution in [0.15, 0.2) is 24.5 Å². The lowest BCUT2D eigenvalue weighted by atomic mass is 9.93. The molecule has 0 aliphatic carbocycles. The van der Waals surface area contributed by atoms with Crippen LogP contribution >= 0.6 is 0 Å². The number of carbonyl (C=O) groups excluding carboxylic acids is 2. The van der Waals surface area contributed by atoms with Gasteiger partial charge in [0.15, 0.2) is 0 Å². The van der Waals surface area contributed by atoms with Gasteiger partial charge in [0.05, 0.1) is 5.92 Å². The second-order valence-corrected chi connectivity index (χ2v) is 7.01. The average molecular weight is 345 g/mol. The van der Waals surface area contributed by atoms with Crippen molar-refractivity contribution >= 4 is 11.9 Å². The van der Waals surface area contributed by atoms with Gasteiger partial charge in [-0.2, -0.15) is 0 Å². The second kappa shape index (κ2) is 8.29. The summed E-state index contributed by atoms with van der Waals surface area (Å²) in [6, 6.07) is 4.04. The number of pyridine rings is 1. The van der Waals surface area contributed by atoms with E-state index in [0.717, 1.165) is 52.0 Å². The molecule has 2 aliphatic rings. The molecule has 3 amide bonds. The highest BCUT2D eigenvalue weighted by molar-refractivity contribution is 5.77. The Balaban J connectivity index is 1.30. The second-order valence-electron chi connectivity index (χ2n) is 7.01. The summed E-state index contributed by atoms with van der Waals surface area (Å²) in [5.41, 5.74) is 6.64. The number of hydrogen-bond acceptors (Lipinski definition) is 4. The third kappa shape index (κ3) is 4.69. The Labute approximate surface area is 148 Å². The normalized spacial score (nSPS) is 21.6. The number of nitrogens with two attached hydrogens (primary N) is 1. The Morgan fingerprint density at radius 2 is 2.00 bits per heavy atom. The lowest BCUT2D eigenvalue weighted by Crippen LogP contribution is -2.52. The third-order valence-corrected chi connectivity index (χ3v) is 5.18. The molecule has 3 rings (SSSR count). The quantitative estimate of drug-likeness (QED) is 0.745. The van der Waals surface area contributed by atoms with Gasteiger partial charge in [0, 0.05) is 44.5 Å². The molecule has 7 heteroatoms. The van der Waals surface area contributed by atoms with Gasteiger partial charge in [0.1, 0.15) is 0 Å². The van der Waals surface area contributed by atoms with Crippen LogP contribution in [0.2, 0.25) is 0 Å². The minimum absolute atomic E-state index is 0.0129. The van der Waals surface area contributed by atoms with Crippen molar-refractivity contribution in [3.05, 3.63) is 30.1 Å². The molecule has 3 N–H and O–H groups in total. The third-order valence-electron chi connectivity index (χ3n) is 5.18. The lowest BCUT2D eigenvalue weighted by Gasteiger charge is -2.39. The van der Waals surface area contributed by atoms with E-state index in [9.17, 15) is 9.59 Å². The summed E-state index contributed by atoms with van der Waals surface area (Å²) in [5, 5.41) is 2.99. The molecule has 7 nitrogen and oxygen atoms in total. The first-order valence-electron chi connectivity index (χ1n) is 9.08. The fourth-order valence-corrected chi connectivity index (χ4v) is 3.59. The molecule has 0 saturated carbocycles. The minimum Gasteiger partial charge on any atom is -0.369 e. The van der Waals surface area contributed by atoms with E-state index < -0.39 is 0 Å². The number of amides is 3. The van der Waals surface area contributed by atoms with Gasteiger partial charge in [0.25, 0.3) is 0 Å². The fourth-order valence-electron chi connectivity index (χ4n) is 3.59. The number of nitrogens with one attached hydrogen (secondary N) is 1. The van der Waals surface area contributed by atoms with Crippen LogP contribution in [0, 0.1) is 5.92 Å². The Bertz CT molecular complexity index is 588. The number of rotatable bonds is 6. The van der Waals surface area contributed by atoms with Crippen molar-refractivity contribution in [1.82, 2.24) is 20.1 Å². The molecule has 1 aromatic rings. The SMILES string of the molecule is NC(=O)C1CCCN(CCCNC(=O)N2CC(c3ccncc3)C2)C1. The van der Waals surface area contributed by atoms with E-state index in [2.05, 4.69) is 15.2 Å². The molecule has 2 aliphatic heterocycles. The van der Waals surface area contributed by atoms with Crippen molar-refractivity contribution in [2.75, 3.05) is 39.3 Å². The number of nitrogens with zero attached hydrogens (tertiary/aromatic N) is 3. The predicted octanol–water partition coefficient (Wildman–Crippen LogP) is 0.778. The standard InChI is InChI=1S/C18H27N5O2/c19-17(24)15-3-1-9-22(11-15)10-2-6-21-18(25)23-12-16(13-23)14-4-7-20-8-5-14/h4-5,7-8,15-16H,1-3,6,9-13H2,(H2,19,24)(H,21,25). The first kappa shape index (κ1) is 17.7. The summed E-state index contributed by atoms with van der Waals surface area (Å²) in [5.74, 6) is 0.210. The summed E-state index contributed by atoms with van der Waals surface area (Å²) < 4.78 is 0. The largest absolute Gasteiger partial charge is 0.369 e. The van der Waals surface area contributed by atoms with E-state index in [1.807, 2.05) is 17.0 Å². The fraction of sp³-hybridized carbons (Fsp3) is 0.611. The van der Waals surface area contributed by atoms with E-state index in [-0.39, 0.29) is 17.9 Å². The van der Waals surface area contributed by atoms with Crippen molar-refractivity contribution in [3.63, 3.8) is 0 Å². The van der Waals surface area contributed by atoms with Crippen molar-refractivity contribution in [1.29, 1.82) is 0 Å². The van der Waals surface area contributed by atoms with Gasteiger partial charge in [-0.05, 0) is 50.0 Å². The van der Waals surface area contributed by atoms with Crippen molar-refractivity contribution in [3.8, 4) is 0 Å². The number of likely N-dealkylation sites (tertiary alicyclic amines) is 2. The van der Waals surface area contributed by atoms with Crippen LogP contribution in [0.25, 0.3) is 0 Å². The molecule has 2 saturated heterocycles. The first-order chi connectivity index (χ1) is 12.1. The molecule has 1 atom stereocenters. The van der Waals surface area contributed by atoms with Gasteiger partial charge in [-0.25, -0.2) is 4.79 Å². The Morgan fingerprint density at radius 1 is 1.24 bits per heavy atom. The maximum atomic E-state index is 12.1. The first-order valence-corrected chi connectivity index (χ1v) is 9.08. The molecule has 1 aromatic heterocycles. The van der Waals surface area contributed by atoms with Gasteiger partial charge in [0.2, 0.25) is 5.91 Å². The summed E-state index contributed by atoms with van der Waals surface area (Å²) in [7, 11) is 0. The van der Waals surface area contributed by atoms with Gasteiger partial charge >= 0.3 is 6.03 Å². The number of primary amides is 1. The average Bonchev–Trinajstić information content (AvgIpc) is 2.59. The van der Waals surface area contributed by atoms with Crippen LogP contribution in [0.1, 0.15) is 30.7 Å². The highest BCUT2D eigenvalue weighted by Crippen LogP contribution is 2.26. The van der Waals surface area contributed by atoms with E-state index >= 15 is 0 Å². The van der Waals surface area contributed by atoms with E-state index in [1.165, 1.54) is 5.56 Å². The number of hydrogen-bond donors (Lipinski definition) is 2. The highest BCUT2D eigenvalue weighted by Gasteiger charge is 2.31. The summed E-state index contributed by atoms with van der Waals surface area (Å²) in [4.78, 5) is 31.5. The van der Waals surface area contributed by atoms with Gasteiger partial charge in [-0.3, -0.25) is 9.78 Å². The molecule has 1 unspecified atom stereocenters. The number of aromatic nitrogens is 1. The topological polar surface area (TPSA) is 91.6 Å². The number of urea groups is 1. The zero-order valence-electron chi connectivity index (χ0n) is 14.6. The molecule has 136 valence electrons. The molecule has 25 heavy (non-hydrogen) atoms. The Kier molecular flexibility index (Phi) is 5.86. The number of piperidine rings is 1. The van der Waals surface area contributed by atoms with E-state index in [1.54, 1.807) is 12.4 Å². The van der Waals surface area contributed by atoms with Crippen molar-refractivity contribution < 1.29 is 9.59 Å². The number of carbonyl (C=O) groups is 2. The zero-order chi connectivity index (χ0) is 17.6. The molecular formula is C18H27N5O2. The van der Waals surface area contributed by atoms with Crippen LogP contribution in [0.4, 0.5) is 4.79 Å². The monoisotopic (exact) mass is 345 g/mol. The summed E-state index contributed by atoms with van der Waals surface area (Å²) in [6.07, 6.45) is 6.39. The summed E-state index contributed by atoms with van der Waals surface area (Å²) >= 11 is 0. The zero-order valence-corrected chi connectivity index (χ0v) is 14.6. The Morgan fingerprint density at radius 3 is 2.72 bits per heavy atom. The Hall–Kier alpha value is -2.15. The molecule has 0 radical (unpaired) electrons. The van der Waals surface area contributed by atoms with Crippen molar-refractivity contribution in [2.45, 2.75) is 25.2 Å². The molecule has 0 bridgehead atoms. The molecular weight excluding hydrogens is 318 g/mol. The van der Waals surface area contributed by atoms with Crippen LogP contribution in [-0.4, -0.2) is 66.0 Å². The van der Waals surface area contributed by atoms with E-state index in [4.69, 9.17) is 5.73 Å². The predicted molar refractivity (Wildman–Crippen MR) is 94.9 cm³/mol. The molecule has 2 fully saturated rings. The van der Waals surface area contributed by atoms with Gasteiger partial charge in [-0.15, -0.1) is 0 Å². The molecule has 0 spiro atoms. The molecule has 0 aromatic carbocycles. The maximum absolute atomic E-state index is 12.1.